The molecule has 1 heterocycles. The summed E-state index contributed by atoms with van der Waals surface area (Å²) < 4.78 is 23.8. The van der Waals surface area contributed by atoms with Crippen LogP contribution in [0.25, 0.3) is 11.0 Å². The summed E-state index contributed by atoms with van der Waals surface area (Å²) in [7, 11) is 0. The van der Waals surface area contributed by atoms with Crippen LogP contribution >= 0.6 is 15.9 Å². The van der Waals surface area contributed by atoms with Gasteiger partial charge in [-0.2, -0.15) is 0 Å². The fourth-order valence-corrected chi connectivity index (χ4v) is 2.22. The van der Waals surface area contributed by atoms with Crippen molar-refractivity contribution in [3.63, 3.8) is 0 Å². The third-order valence-corrected chi connectivity index (χ3v) is 3.08. The highest BCUT2D eigenvalue weighted by molar-refractivity contribution is 9.10. The van der Waals surface area contributed by atoms with Gasteiger partial charge in [0, 0.05) is 16.6 Å². The molecule has 3 rings (SSSR count). The molecule has 0 aliphatic carbocycles. The fraction of sp³-hybridized carbons (Fsp3) is 0. The van der Waals surface area contributed by atoms with E-state index in [1.165, 1.54) is 24.3 Å². The average molecular weight is 354 g/mol. The average Bonchev–Trinajstić information content (AvgIpc) is 2.86. The normalized spacial score (nSPS) is 10.8. The zero-order chi connectivity index (χ0) is 15.0. The van der Waals surface area contributed by atoms with E-state index in [1.54, 1.807) is 6.07 Å². The summed E-state index contributed by atoms with van der Waals surface area (Å²) in [5.41, 5.74) is -0.198. The number of hydrogen-bond acceptors (Lipinski definition) is 6. The topological polar surface area (TPSA) is 91.3 Å². The van der Waals surface area contributed by atoms with Crippen LogP contribution in [0, 0.1) is 15.9 Å². The number of nitro benzene ring substituents is 1. The molecular formula is C12H5BrFN3O4. The number of non-ortho nitro benzene ring substituents is 1. The van der Waals surface area contributed by atoms with Crippen molar-refractivity contribution in [2.45, 2.75) is 0 Å². The van der Waals surface area contributed by atoms with Gasteiger partial charge in [0.2, 0.25) is 5.52 Å². The van der Waals surface area contributed by atoms with Crippen LogP contribution in [0.2, 0.25) is 0 Å². The van der Waals surface area contributed by atoms with Gasteiger partial charge >= 0.3 is 5.69 Å². The minimum Gasteiger partial charge on any atom is -0.455 e. The van der Waals surface area contributed by atoms with Crippen LogP contribution in [-0.4, -0.2) is 15.2 Å². The Kier molecular flexibility index (Phi) is 3.26. The predicted octanol–water partition coefficient (Wildman–Crippen LogP) is 3.82. The molecule has 7 nitrogen and oxygen atoms in total. The number of ether oxygens (including phenoxy) is 1. The third-order valence-electron chi connectivity index (χ3n) is 2.62. The standard InChI is InChI=1S/C12H5BrFN3O4/c13-6-3-7(14)5-8(4-6)20-10-2-1-9(17(18)19)11-12(10)16-21-15-11/h1-5H. The molecular weight excluding hydrogens is 349 g/mol. The number of aromatic nitrogens is 2. The maximum Gasteiger partial charge on any atom is 0.301 e. The van der Waals surface area contributed by atoms with Gasteiger partial charge in [-0.15, -0.1) is 0 Å². The fourth-order valence-electron chi connectivity index (χ4n) is 1.77. The molecule has 106 valence electrons. The summed E-state index contributed by atoms with van der Waals surface area (Å²) >= 11 is 3.14. The molecule has 3 aromatic rings. The van der Waals surface area contributed by atoms with Crippen LogP contribution in [0.15, 0.2) is 39.4 Å². The molecule has 21 heavy (non-hydrogen) atoms. The maximum atomic E-state index is 13.3. The minimum absolute atomic E-state index is 0.0343. The Morgan fingerprint density at radius 1 is 1.24 bits per heavy atom. The quantitative estimate of drug-likeness (QED) is 0.524. The first-order valence-electron chi connectivity index (χ1n) is 5.58. The second-order valence-corrected chi connectivity index (χ2v) is 4.92. The van der Waals surface area contributed by atoms with E-state index in [0.29, 0.717) is 4.47 Å². The number of hydrogen-bond donors (Lipinski definition) is 0. The Hall–Kier alpha value is -2.55. The Labute approximate surface area is 124 Å². The largest absolute Gasteiger partial charge is 0.455 e. The van der Waals surface area contributed by atoms with Gasteiger partial charge in [-0.1, -0.05) is 15.9 Å². The molecule has 0 aliphatic heterocycles. The van der Waals surface area contributed by atoms with Gasteiger partial charge in [-0.05, 0) is 28.5 Å². The Morgan fingerprint density at radius 2 is 2.00 bits per heavy atom. The SMILES string of the molecule is O=[N+]([O-])c1ccc(Oc2cc(F)cc(Br)c2)c2nonc12. The minimum atomic E-state index is -0.602. The lowest BCUT2D eigenvalue weighted by Crippen LogP contribution is -1.92. The molecule has 0 atom stereocenters. The van der Waals surface area contributed by atoms with Crippen molar-refractivity contribution in [2.75, 3.05) is 0 Å². The molecule has 2 aromatic carbocycles. The monoisotopic (exact) mass is 353 g/mol. The summed E-state index contributed by atoms with van der Waals surface area (Å²) in [6.45, 7) is 0. The zero-order valence-electron chi connectivity index (χ0n) is 10.1. The van der Waals surface area contributed by atoms with E-state index in [2.05, 4.69) is 30.9 Å². The lowest BCUT2D eigenvalue weighted by molar-refractivity contribution is -0.383. The number of fused-ring (bicyclic) bond motifs is 1. The Morgan fingerprint density at radius 3 is 2.71 bits per heavy atom. The van der Waals surface area contributed by atoms with Crippen LogP contribution in [-0.2, 0) is 0 Å². The molecule has 1 aromatic heterocycles. The molecule has 0 amide bonds. The smallest absolute Gasteiger partial charge is 0.301 e. The summed E-state index contributed by atoms with van der Waals surface area (Å²) in [5, 5.41) is 17.9. The van der Waals surface area contributed by atoms with E-state index in [1.807, 2.05) is 0 Å². The van der Waals surface area contributed by atoms with Crippen molar-refractivity contribution < 1.29 is 18.7 Å². The lowest BCUT2D eigenvalue weighted by Gasteiger charge is -2.06. The Bertz CT molecular complexity index is 831. The van der Waals surface area contributed by atoms with Crippen LogP contribution in [0.1, 0.15) is 0 Å². The van der Waals surface area contributed by atoms with Gasteiger partial charge in [-0.25, -0.2) is 9.02 Å². The molecule has 0 aliphatic rings. The second kappa shape index (κ2) is 5.09. The first-order valence-corrected chi connectivity index (χ1v) is 6.37. The zero-order valence-corrected chi connectivity index (χ0v) is 11.7. The molecule has 0 saturated heterocycles. The third kappa shape index (κ3) is 2.55. The summed E-state index contributed by atoms with van der Waals surface area (Å²) in [6.07, 6.45) is 0. The van der Waals surface area contributed by atoms with E-state index < -0.39 is 10.7 Å². The van der Waals surface area contributed by atoms with Gasteiger partial charge in [0.25, 0.3) is 0 Å². The van der Waals surface area contributed by atoms with Crippen LogP contribution in [0.3, 0.4) is 0 Å². The number of benzene rings is 2. The van der Waals surface area contributed by atoms with Crippen molar-refractivity contribution in [3.8, 4) is 11.5 Å². The molecule has 0 N–H and O–H groups in total. The lowest BCUT2D eigenvalue weighted by atomic mass is 10.2. The Balaban J connectivity index is 2.07. The number of nitro groups is 1. The van der Waals surface area contributed by atoms with E-state index in [0.717, 1.165) is 0 Å². The molecule has 0 radical (unpaired) electrons. The van der Waals surface area contributed by atoms with Crippen molar-refractivity contribution in [2.24, 2.45) is 0 Å². The first-order chi connectivity index (χ1) is 10.0. The van der Waals surface area contributed by atoms with Crippen LogP contribution < -0.4 is 4.74 Å². The number of nitrogens with zero attached hydrogens (tertiary/aromatic N) is 3. The van der Waals surface area contributed by atoms with Gasteiger partial charge in [0.15, 0.2) is 11.3 Å². The predicted molar refractivity (Wildman–Crippen MR) is 72.6 cm³/mol. The van der Waals surface area contributed by atoms with Crippen molar-refractivity contribution in [3.05, 3.63) is 50.7 Å². The summed E-state index contributed by atoms with van der Waals surface area (Å²) in [6, 6.07) is 6.56. The van der Waals surface area contributed by atoms with Gasteiger partial charge in [0.1, 0.15) is 11.6 Å². The van der Waals surface area contributed by atoms with Crippen molar-refractivity contribution in [1.29, 1.82) is 0 Å². The van der Waals surface area contributed by atoms with E-state index in [4.69, 9.17) is 4.74 Å². The molecule has 9 heteroatoms. The van der Waals surface area contributed by atoms with Crippen LogP contribution in [0.4, 0.5) is 10.1 Å². The van der Waals surface area contributed by atoms with Gasteiger partial charge < -0.3 is 4.74 Å². The molecule has 0 spiro atoms. The highest BCUT2D eigenvalue weighted by atomic mass is 79.9. The maximum absolute atomic E-state index is 13.3. The highest BCUT2D eigenvalue weighted by Gasteiger charge is 2.20. The van der Waals surface area contributed by atoms with E-state index >= 15 is 0 Å². The van der Waals surface area contributed by atoms with E-state index in [-0.39, 0.29) is 28.2 Å². The summed E-state index contributed by atoms with van der Waals surface area (Å²) in [4.78, 5) is 10.3. The molecule has 0 saturated carbocycles. The molecule has 0 unspecified atom stereocenters. The summed E-state index contributed by atoms with van der Waals surface area (Å²) in [5.74, 6) is -0.106. The van der Waals surface area contributed by atoms with Crippen molar-refractivity contribution in [1.82, 2.24) is 10.3 Å². The van der Waals surface area contributed by atoms with Crippen LogP contribution in [0.5, 0.6) is 11.5 Å². The molecule has 0 bridgehead atoms. The molecule has 0 fully saturated rings. The number of halogens is 2. The first kappa shape index (κ1) is 13.4. The van der Waals surface area contributed by atoms with E-state index in [9.17, 15) is 14.5 Å². The van der Waals surface area contributed by atoms with Gasteiger partial charge in [0.05, 0.1) is 4.92 Å². The number of rotatable bonds is 3. The van der Waals surface area contributed by atoms with Crippen molar-refractivity contribution >= 4 is 32.7 Å². The highest BCUT2D eigenvalue weighted by Crippen LogP contribution is 2.34. The van der Waals surface area contributed by atoms with Gasteiger partial charge in [-0.3, -0.25) is 10.1 Å². The second-order valence-electron chi connectivity index (χ2n) is 4.01.